The van der Waals surface area contributed by atoms with Crippen molar-refractivity contribution in [2.75, 3.05) is 6.61 Å². The monoisotopic (exact) mass is 424 g/mol. The number of hydrogen-bond donors (Lipinski definition) is 2. The Hall–Kier alpha value is -3.19. The molecule has 2 aromatic carbocycles. The summed E-state index contributed by atoms with van der Waals surface area (Å²) in [7, 11) is 0. The van der Waals surface area contributed by atoms with Crippen molar-refractivity contribution in [1.29, 1.82) is 0 Å². The highest BCUT2D eigenvalue weighted by molar-refractivity contribution is 6.05. The minimum absolute atomic E-state index is 0.00514. The zero-order chi connectivity index (χ0) is 22.8. The summed E-state index contributed by atoms with van der Waals surface area (Å²) in [4.78, 5) is 37.0. The molecule has 1 aliphatic rings. The molecular formula is C24H28N2O5. The maximum atomic E-state index is 13.0. The molecular weight excluding hydrogens is 396 g/mol. The van der Waals surface area contributed by atoms with Crippen LogP contribution in [0.4, 0.5) is 0 Å². The molecule has 31 heavy (non-hydrogen) atoms. The average molecular weight is 424 g/mol. The number of fused-ring (bicyclic) bond motifs is 3. The van der Waals surface area contributed by atoms with E-state index in [0.717, 1.165) is 22.3 Å². The number of carbonyl (C=O) groups excluding carboxylic acids is 3. The molecule has 1 atom stereocenters. The molecule has 7 heteroatoms. The second-order valence-electron chi connectivity index (χ2n) is 8.77. The maximum Gasteiger partial charge on any atom is 0.338 e. The molecule has 2 aromatic rings. The van der Waals surface area contributed by atoms with E-state index in [1.165, 1.54) is 0 Å². The predicted octanol–water partition coefficient (Wildman–Crippen LogP) is 2.65. The van der Waals surface area contributed by atoms with E-state index in [1.54, 1.807) is 20.8 Å². The molecule has 0 aromatic heterocycles. The smallest absolute Gasteiger partial charge is 0.338 e. The van der Waals surface area contributed by atoms with Crippen molar-refractivity contribution in [2.45, 2.75) is 50.7 Å². The zero-order valence-corrected chi connectivity index (χ0v) is 18.0. The lowest BCUT2D eigenvalue weighted by Gasteiger charge is -2.29. The summed E-state index contributed by atoms with van der Waals surface area (Å²) in [6.07, 6.45) is -0.548. The number of amides is 1. The van der Waals surface area contributed by atoms with Gasteiger partial charge in [0.15, 0.2) is 0 Å². The number of primary amides is 1. The van der Waals surface area contributed by atoms with Crippen LogP contribution in [0.3, 0.4) is 0 Å². The van der Waals surface area contributed by atoms with E-state index >= 15 is 0 Å². The van der Waals surface area contributed by atoms with E-state index in [9.17, 15) is 14.4 Å². The molecule has 0 spiro atoms. The van der Waals surface area contributed by atoms with Gasteiger partial charge in [-0.3, -0.25) is 4.79 Å². The van der Waals surface area contributed by atoms with Crippen LogP contribution in [0.15, 0.2) is 48.5 Å². The molecule has 0 fully saturated rings. The van der Waals surface area contributed by atoms with Crippen LogP contribution in [0.5, 0.6) is 0 Å². The first-order valence-corrected chi connectivity index (χ1v) is 10.2. The molecule has 0 heterocycles. The second kappa shape index (κ2) is 8.51. The van der Waals surface area contributed by atoms with Crippen LogP contribution >= 0.6 is 0 Å². The molecule has 0 bridgehead atoms. The lowest BCUT2D eigenvalue weighted by Crippen LogP contribution is -2.58. The third-order valence-corrected chi connectivity index (χ3v) is 5.24. The number of ether oxygens (including phenoxy) is 2. The van der Waals surface area contributed by atoms with Crippen LogP contribution in [0.25, 0.3) is 11.1 Å². The zero-order valence-electron chi connectivity index (χ0n) is 18.0. The van der Waals surface area contributed by atoms with Gasteiger partial charge in [0.2, 0.25) is 11.4 Å². The van der Waals surface area contributed by atoms with Crippen molar-refractivity contribution < 1.29 is 23.9 Å². The van der Waals surface area contributed by atoms with Gasteiger partial charge in [0.05, 0.1) is 0 Å². The number of esters is 2. The molecule has 4 N–H and O–H groups in total. The van der Waals surface area contributed by atoms with Crippen molar-refractivity contribution in [1.82, 2.24) is 0 Å². The van der Waals surface area contributed by atoms with Gasteiger partial charge in [-0.25, -0.2) is 9.59 Å². The average Bonchev–Trinajstić information content (AvgIpc) is 3.02. The number of benzene rings is 2. The quantitative estimate of drug-likeness (QED) is 0.520. The highest BCUT2D eigenvalue weighted by Crippen LogP contribution is 2.44. The lowest BCUT2D eigenvalue weighted by atomic mass is 9.93. The van der Waals surface area contributed by atoms with Gasteiger partial charge >= 0.3 is 11.9 Å². The van der Waals surface area contributed by atoms with E-state index in [0.29, 0.717) is 0 Å². The fraction of sp³-hybridized carbons (Fsp3) is 0.375. The van der Waals surface area contributed by atoms with Crippen molar-refractivity contribution in [3.63, 3.8) is 0 Å². The highest BCUT2D eigenvalue weighted by Gasteiger charge is 2.47. The van der Waals surface area contributed by atoms with Crippen LogP contribution in [0.1, 0.15) is 50.7 Å². The van der Waals surface area contributed by atoms with Gasteiger partial charge in [0.1, 0.15) is 12.2 Å². The summed E-state index contributed by atoms with van der Waals surface area (Å²) in [5, 5.41) is 0. The minimum atomic E-state index is -2.13. The van der Waals surface area contributed by atoms with Gasteiger partial charge in [-0.05, 0) is 49.4 Å². The molecule has 0 aliphatic heterocycles. The van der Waals surface area contributed by atoms with Gasteiger partial charge in [-0.1, -0.05) is 48.5 Å². The highest BCUT2D eigenvalue weighted by atomic mass is 16.6. The predicted molar refractivity (Wildman–Crippen MR) is 116 cm³/mol. The summed E-state index contributed by atoms with van der Waals surface area (Å²) >= 11 is 0. The van der Waals surface area contributed by atoms with Crippen LogP contribution in [0, 0.1) is 0 Å². The van der Waals surface area contributed by atoms with E-state index in [1.807, 2.05) is 48.5 Å². The van der Waals surface area contributed by atoms with Crippen molar-refractivity contribution in [3.05, 3.63) is 59.7 Å². The first-order chi connectivity index (χ1) is 14.5. The first-order valence-electron chi connectivity index (χ1n) is 10.2. The Kier molecular flexibility index (Phi) is 6.18. The molecule has 1 aliphatic carbocycles. The Morgan fingerprint density at radius 1 is 0.903 bits per heavy atom. The number of hydrogen-bond acceptors (Lipinski definition) is 6. The van der Waals surface area contributed by atoms with Gasteiger partial charge < -0.3 is 20.9 Å². The Bertz CT molecular complexity index is 966. The fourth-order valence-corrected chi connectivity index (χ4v) is 3.70. The normalized spacial score (nSPS) is 14.8. The molecule has 7 nitrogen and oxygen atoms in total. The topological polar surface area (TPSA) is 122 Å². The van der Waals surface area contributed by atoms with Crippen LogP contribution in [-0.2, 0) is 23.9 Å². The molecule has 3 rings (SSSR count). The van der Waals surface area contributed by atoms with Crippen LogP contribution in [0.2, 0.25) is 0 Å². The van der Waals surface area contributed by atoms with Gasteiger partial charge in [-0.2, -0.15) is 0 Å². The number of rotatable bonds is 7. The SMILES string of the molecule is CC(C)(C)OC(=O)[C@@](N)(CCC(N)=O)C(=O)OCC1c2ccccc2-c2ccccc21. The largest absolute Gasteiger partial charge is 0.463 e. The van der Waals surface area contributed by atoms with Crippen molar-refractivity contribution >= 4 is 17.8 Å². The number of nitrogens with two attached hydrogens (primary N) is 2. The standard InChI is InChI=1S/C24H28N2O5/c1-23(2,3)31-22(29)24(26,13-12-20(25)27)21(28)30-14-19-17-10-6-4-8-15(17)16-9-5-7-11-18(16)19/h4-11,19H,12-14,26H2,1-3H3,(H2,25,27)/t24-/m1/s1. The molecule has 164 valence electrons. The molecule has 0 radical (unpaired) electrons. The summed E-state index contributed by atoms with van der Waals surface area (Å²) in [6.45, 7) is 5.00. The Balaban J connectivity index is 1.82. The molecule has 0 saturated heterocycles. The molecule has 0 unspecified atom stereocenters. The van der Waals surface area contributed by atoms with Gasteiger partial charge in [-0.15, -0.1) is 0 Å². The third kappa shape index (κ3) is 4.77. The maximum absolute atomic E-state index is 13.0. The van der Waals surface area contributed by atoms with Gasteiger partial charge in [0, 0.05) is 12.3 Å². The van der Waals surface area contributed by atoms with E-state index in [2.05, 4.69) is 0 Å². The van der Waals surface area contributed by atoms with Crippen LogP contribution in [-0.4, -0.2) is 35.6 Å². The summed E-state index contributed by atoms with van der Waals surface area (Å²) in [5.74, 6) is -2.75. The third-order valence-electron chi connectivity index (χ3n) is 5.24. The number of carbonyl (C=O) groups is 3. The van der Waals surface area contributed by atoms with Crippen molar-refractivity contribution in [3.8, 4) is 11.1 Å². The first kappa shape index (κ1) is 22.5. The van der Waals surface area contributed by atoms with Crippen LogP contribution < -0.4 is 11.5 Å². The Morgan fingerprint density at radius 2 is 1.42 bits per heavy atom. The molecule has 0 saturated carbocycles. The van der Waals surface area contributed by atoms with E-state index in [4.69, 9.17) is 20.9 Å². The fourth-order valence-electron chi connectivity index (χ4n) is 3.70. The van der Waals surface area contributed by atoms with E-state index < -0.39 is 29.0 Å². The van der Waals surface area contributed by atoms with Crippen molar-refractivity contribution in [2.24, 2.45) is 11.5 Å². The molecule has 1 amide bonds. The Labute approximate surface area is 181 Å². The summed E-state index contributed by atoms with van der Waals surface area (Å²) < 4.78 is 10.9. The Morgan fingerprint density at radius 3 is 1.90 bits per heavy atom. The lowest BCUT2D eigenvalue weighted by molar-refractivity contribution is -0.172. The summed E-state index contributed by atoms with van der Waals surface area (Å²) in [5.41, 5.74) is 12.6. The minimum Gasteiger partial charge on any atom is -0.463 e. The van der Waals surface area contributed by atoms with E-state index in [-0.39, 0.29) is 25.4 Å². The summed E-state index contributed by atoms with van der Waals surface area (Å²) in [6, 6.07) is 15.8. The van der Waals surface area contributed by atoms with Gasteiger partial charge in [0.25, 0.3) is 0 Å². The second-order valence-corrected chi connectivity index (χ2v) is 8.77.